The van der Waals surface area contributed by atoms with Gasteiger partial charge in [0.25, 0.3) is 0 Å². The highest BCUT2D eigenvalue weighted by molar-refractivity contribution is 5.51. The molecule has 0 aromatic heterocycles. The first-order chi connectivity index (χ1) is 8.20. The molecule has 1 saturated carbocycles. The normalized spacial score (nSPS) is 24.4. The predicted molar refractivity (Wildman–Crippen MR) is 72.7 cm³/mol. The van der Waals surface area contributed by atoms with Crippen LogP contribution in [0.5, 0.6) is 0 Å². The molecule has 2 nitrogen and oxygen atoms in total. The minimum Gasteiger partial charge on any atom is -0.370 e. The van der Waals surface area contributed by atoms with Gasteiger partial charge < -0.3 is 10.2 Å². The zero-order valence-electron chi connectivity index (χ0n) is 10.9. The van der Waals surface area contributed by atoms with Gasteiger partial charge in [-0.05, 0) is 56.4 Å². The van der Waals surface area contributed by atoms with Crippen LogP contribution in [0.15, 0.2) is 18.2 Å². The van der Waals surface area contributed by atoms with E-state index < -0.39 is 0 Å². The van der Waals surface area contributed by atoms with Gasteiger partial charge in [-0.1, -0.05) is 6.07 Å². The number of hydrogen-bond donors (Lipinski definition) is 1. The Balaban J connectivity index is 1.67. The number of anilines is 1. The van der Waals surface area contributed by atoms with Crippen LogP contribution in [0.1, 0.15) is 30.4 Å². The molecule has 1 aromatic rings. The van der Waals surface area contributed by atoms with Crippen LogP contribution in [0, 0.1) is 13.8 Å². The number of aryl methyl sites for hydroxylation is 2. The van der Waals surface area contributed by atoms with Crippen molar-refractivity contribution in [2.45, 2.75) is 45.2 Å². The van der Waals surface area contributed by atoms with Crippen molar-refractivity contribution in [2.24, 2.45) is 0 Å². The number of nitrogens with one attached hydrogen (secondary N) is 1. The number of rotatable bonds is 3. The lowest BCUT2D eigenvalue weighted by atomic mass is 10.1. The molecule has 2 heteroatoms. The van der Waals surface area contributed by atoms with E-state index in [9.17, 15) is 0 Å². The van der Waals surface area contributed by atoms with Crippen molar-refractivity contribution in [3.63, 3.8) is 0 Å². The molecule has 1 atom stereocenters. The van der Waals surface area contributed by atoms with Crippen molar-refractivity contribution >= 4 is 5.69 Å². The Labute approximate surface area is 104 Å². The van der Waals surface area contributed by atoms with Gasteiger partial charge in [0, 0.05) is 30.9 Å². The summed E-state index contributed by atoms with van der Waals surface area (Å²) in [7, 11) is 0. The smallest absolute Gasteiger partial charge is 0.0372 e. The fraction of sp³-hybridized carbons (Fsp3) is 0.600. The molecule has 1 N–H and O–H groups in total. The second-order valence-corrected chi connectivity index (χ2v) is 5.72. The Bertz CT molecular complexity index is 389. The fourth-order valence-corrected chi connectivity index (χ4v) is 2.85. The van der Waals surface area contributed by atoms with Gasteiger partial charge >= 0.3 is 0 Å². The van der Waals surface area contributed by atoms with Crippen LogP contribution >= 0.6 is 0 Å². The molecule has 2 fully saturated rings. The molecule has 1 aliphatic heterocycles. The van der Waals surface area contributed by atoms with Gasteiger partial charge in [0.2, 0.25) is 0 Å². The number of benzene rings is 1. The van der Waals surface area contributed by atoms with E-state index in [4.69, 9.17) is 0 Å². The molecule has 0 bridgehead atoms. The lowest BCUT2D eigenvalue weighted by Gasteiger charge is -2.20. The van der Waals surface area contributed by atoms with E-state index in [1.807, 2.05) is 0 Å². The van der Waals surface area contributed by atoms with Gasteiger partial charge in [0.15, 0.2) is 0 Å². The Morgan fingerprint density at radius 3 is 2.35 bits per heavy atom. The fourth-order valence-electron chi connectivity index (χ4n) is 2.85. The average molecular weight is 230 g/mol. The van der Waals surface area contributed by atoms with Crippen LogP contribution in [-0.2, 0) is 0 Å². The van der Waals surface area contributed by atoms with E-state index in [2.05, 4.69) is 42.3 Å². The maximum atomic E-state index is 3.74. The summed E-state index contributed by atoms with van der Waals surface area (Å²) >= 11 is 0. The summed E-state index contributed by atoms with van der Waals surface area (Å²) < 4.78 is 0. The van der Waals surface area contributed by atoms with Crippen LogP contribution < -0.4 is 10.2 Å². The van der Waals surface area contributed by atoms with E-state index in [1.54, 1.807) is 0 Å². The molecule has 1 heterocycles. The molecule has 2 aliphatic rings. The quantitative estimate of drug-likeness (QED) is 0.858. The molecule has 0 amide bonds. The lowest BCUT2D eigenvalue weighted by Crippen LogP contribution is -2.33. The highest BCUT2D eigenvalue weighted by atomic mass is 15.2. The van der Waals surface area contributed by atoms with Crippen molar-refractivity contribution in [3.8, 4) is 0 Å². The van der Waals surface area contributed by atoms with E-state index >= 15 is 0 Å². The molecule has 3 rings (SSSR count). The van der Waals surface area contributed by atoms with Gasteiger partial charge in [-0.25, -0.2) is 0 Å². The molecular formula is C15H22N2. The Morgan fingerprint density at radius 1 is 1.00 bits per heavy atom. The van der Waals surface area contributed by atoms with E-state index in [0.717, 1.165) is 6.04 Å². The highest BCUT2D eigenvalue weighted by Crippen LogP contribution is 2.26. The predicted octanol–water partition coefficient (Wildman–Crippen LogP) is 2.63. The zero-order valence-corrected chi connectivity index (χ0v) is 10.9. The standard InChI is InChI=1S/C15H22N2/c1-11-7-12(2)9-15(8-11)17-6-5-14(10-17)16-13-3-4-13/h7-9,13-14,16H,3-6,10H2,1-2H3. The van der Waals surface area contributed by atoms with Crippen molar-refractivity contribution in [2.75, 3.05) is 18.0 Å². The largest absolute Gasteiger partial charge is 0.370 e. The third-order valence-corrected chi connectivity index (χ3v) is 3.81. The van der Waals surface area contributed by atoms with Gasteiger partial charge in [-0.3, -0.25) is 0 Å². The van der Waals surface area contributed by atoms with Crippen molar-refractivity contribution < 1.29 is 0 Å². The monoisotopic (exact) mass is 230 g/mol. The van der Waals surface area contributed by atoms with Crippen LogP contribution in [0.2, 0.25) is 0 Å². The Hall–Kier alpha value is -1.02. The average Bonchev–Trinajstić information content (AvgIpc) is 2.93. The number of nitrogens with zero attached hydrogens (tertiary/aromatic N) is 1. The van der Waals surface area contributed by atoms with Gasteiger partial charge in [0.1, 0.15) is 0 Å². The summed E-state index contributed by atoms with van der Waals surface area (Å²) in [6.07, 6.45) is 4.07. The molecule has 1 aliphatic carbocycles. The maximum Gasteiger partial charge on any atom is 0.0372 e. The van der Waals surface area contributed by atoms with Gasteiger partial charge in [-0.15, -0.1) is 0 Å². The molecule has 17 heavy (non-hydrogen) atoms. The van der Waals surface area contributed by atoms with Crippen LogP contribution in [-0.4, -0.2) is 25.2 Å². The molecule has 92 valence electrons. The second kappa shape index (κ2) is 4.34. The summed E-state index contributed by atoms with van der Waals surface area (Å²) in [6.45, 7) is 6.76. The molecule has 1 saturated heterocycles. The summed E-state index contributed by atoms with van der Waals surface area (Å²) in [5.74, 6) is 0. The summed E-state index contributed by atoms with van der Waals surface area (Å²) in [4.78, 5) is 2.53. The number of hydrogen-bond acceptors (Lipinski definition) is 2. The summed E-state index contributed by atoms with van der Waals surface area (Å²) in [5, 5.41) is 3.74. The topological polar surface area (TPSA) is 15.3 Å². The van der Waals surface area contributed by atoms with Crippen LogP contribution in [0.4, 0.5) is 5.69 Å². The van der Waals surface area contributed by atoms with E-state index in [-0.39, 0.29) is 0 Å². The van der Waals surface area contributed by atoms with Gasteiger partial charge in [0.05, 0.1) is 0 Å². The second-order valence-electron chi connectivity index (χ2n) is 5.72. The lowest BCUT2D eigenvalue weighted by molar-refractivity contribution is 0.548. The molecular weight excluding hydrogens is 208 g/mol. The first kappa shape index (κ1) is 11.1. The third kappa shape index (κ3) is 2.63. The zero-order chi connectivity index (χ0) is 11.8. The minimum absolute atomic E-state index is 0.711. The van der Waals surface area contributed by atoms with Crippen molar-refractivity contribution in [1.29, 1.82) is 0 Å². The van der Waals surface area contributed by atoms with Crippen LogP contribution in [0.3, 0.4) is 0 Å². The molecule has 0 spiro atoms. The molecule has 1 aromatic carbocycles. The van der Waals surface area contributed by atoms with Crippen LogP contribution in [0.25, 0.3) is 0 Å². The van der Waals surface area contributed by atoms with E-state index in [1.165, 1.54) is 49.2 Å². The molecule has 1 unspecified atom stereocenters. The van der Waals surface area contributed by atoms with Crippen molar-refractivity contribution in [3.05, 3.63) is 29.3 Å². The summed E-state index contributed by atoms with van der Waals surface area (Å²) in [5.41, 5.74) is 4.15. The summed E-state index contributed by atoms with van der Waals surface area (Å²) in [6, 6.07) is 8.42. The van der Waals surface area contributed by atoms with Crippen molar-refractivity contribution in [1.82, 2.24) is 5.32 Å². The third-order valence-electron chi connectivity index (χ3n) is 3.81. The minimum atomic E-state index is 0.711. The SMILES string of the molecule is Cc1cc(C)cc(N2CCC(NC3CC3)C2)c1. The Morgan fingerprint density at radius 2 is 1.71 bits per heavy atom. The van der Waals surface area contributed by atoms with Gasteiger partial charge in [-0.2, -0.15) is 0 Å². The first-order valence-electron chi connectivity index (χ1n) is 6.80. The highest BCUT2D eigenvalue weighted by Gasteiger charge is 2.29. The Kier molecular flexibility index (Phi) is 2.83. The maximum absolute atomic E-state index is 3.74. The first-order valence-corrected chi connectivity index (χ1v) is 6.80. The van der Waals surface area contributed by atoms with E-state index in [0.29, 0.717) is 6.04 Å². The molecule has 0 radical (unpaired) electrons.